The molecule has 5 heteroatoms. The number of oxime groups is 1. The van der Waals surface area contributed by atoms with Crippen LogP contribution in [0, 0.1) is 0 Å². The second-order valence-corrected chi connectivity index (χ2v) is 2.64. The molecule has 0 saturated heterocycles. The number of carbonyl (C=O) groups excluding carboxylic acids is 2. The van der Waals surface area contributed by atoms with Crippen LogP contribution in [0.25, 0.3) is 0 Å². The number of esters is 1. The summed E-state index contributed by atoms with van der Waals surface area (Å²) >= 11 is 0. The lowest BCUT2D eigenvalue weighted by Gasteiger charge is -2.00. The molecule has 0 amide bonds. The van der Waals surface area contributed by atoms with Gasteiger partial charge in [-0.05, 0) is 0 Å². The van der Waals surface area contributed by atoms with E-state index in [1.165, 1.54) is 12.1 Å². The summed E-state index contributed by atoms with van der Waals surface area (Å²) in [6, 6.07) is 8.02. The van der Waals surface area contributed by atoms with Gasteiger partial charge in [-0.15, -0.1) is 0 Å². The summed E-state index contributed by atoms with van der Waals surface area (Å²) in [7, 11) is 1.10. The fourth-order valence-electron chi connectivity index (χ4n) is 1.00. The van der Waals surface area contributed by atoms with E-state index >= 15 is 0 Å². The van der Waals surface area contributed by atoms with Gasteiger partial charge in [0.15, 0.2) is 0 Å². The van der Waals surface area contributed by atoms with Crippen LogP contribution in [0.4, 0.5) is 0 Å². The number of carbonyl (C=O) groups is 2. The van der Waals surface area contributed by atoms with E-state index in [1.54, 1.807) is 18.2 Å². The molecule has 1 rings (SSSR count). The lowest BCUT2D eigenvalue weighted by molar-refractivity contribution is -0.132. The normalized spacial score (nSPS) is 10.9. The molecule has 0 bridgehead atoms. The van der Waals surface area contributed by atoms with Crippen LogP contribution in [-0.4, -0.2) is 29.8 Å². The molecule has 0 aliphatic rings. The van der Waals surface area contributed by atoms with Crippen molar-refractivity contribution in [3.63, 3.8) is 0 Å². The van der Waals surface area contributed by atoms with Crippen molar-refractivity contribution < 1.29 is 19.5 Å². The number of benzene rings is 1. The molecule has 0 unspecified atom stereocenters. The molecule has 1 aromatic rings. The summed E-state index contributed by atoms with van der Waals surface area (Å²) in [5, 5.41) is 11.2. The molecule has 78 valence electrons. The van der Waals surface area contributed by atoms with Crippen molar-refractivity contribution in [3.05, 3.63) is 35.9 Å². The second kappa shape index (κ2) is 4.90. The monoisotopic (exact) mass is 207 g/mol. The standard InChI is InChI=1S/C10H9NO4/c1-15-10(13)8(11-14)9(12)7-5-3-2-4-6-7/h2-6,14H,1H3/b11-8+. The fraction of sp³-hybridized carbons (Fsp3) is 0.100. The maximum atomic E-state index is 11.6. The summed E-state index contributed by atoms with van der Waals surface area (Å²) in [6.45, 7) is 0. The van der Waals surface area contributed by atoms with E-state index in [9.17, 15) is 9.59 Å². The molecule has 0 aromatic heterocycles. The third kappa shape index (κ3) is 2.40. The molecule has 5 nitrogen and oxygen atoms in total. The average molecular weight is 207 g/mol. The number of methoxy groups -OCH3 is 1. The van der Waals surface area contributed by atoms with Gasteiger partial charge in [0.25, 0.3) is 0 Å². The Hall–Kier alpha value is -2.17. The van der Waals surface area contributed by atoms with Crippen molar-refractivity contribution in [1.29, 1.82) is 0 Å². The average Bonchev–Trinajstić information content (AvgIpc) is 2.30. The third-order valence-corrected chi connectivity index (χ3v) is 1.73. The highest BCUT2D eigenvalue weighted by molar-refractivity contribution is 6.67. The van der Waals surface area contributed by atoms with Crippen LogP contribution in [0.1, 0.15) is 10.4 Å². The van der Waals surface area contributed by atoms with Crippen molar-refractivity contribution in [1.82, 2.24) is 0 Å². The van der Waals surface area contributed by atoms with E-state index < -0.39 is 17.5 Å². The molecular formula is C10H9NO4. The minimum atomic E-state index is -0.966. The lowest BCUT2D eigenvalue weighted by atomic mass is 10.1. The summed E-state index contributed by atoms with van der Waals surface area (Å²) in [5.74, 6) is -1.64. The number of hydrogen-bond donors (Lipinski definition) is 1. The van der Waals surface area contributed by atoms with E-state index in [2.05, 4.69) is 9.89 Å². The Balaban J connectivity index is 2.99. The number of hydrogen-bond acceptors (Lipinski definition) is 5. The number of rotatable bonds is 3. The molecule has 0 fully saturated rings. The number of Topliss-reactive ketones (excluding diaryl/α,β-unsaturated/α-hetero) is 1. The summed E-state index contributed by atoms with van der Waals surface area (Å²) in [5.41, 5.74) is -0.376. The molecule has 0 heterocycles. The van der Waals surface area contributed by atoms with Crippen LogP contribution in [0.2, 0.25) is 0 Å². The lowest BCUT2D eigenvalue weighted by Crippen LogP contribution is -2.25. The van der Waals surface area contributed by atoms with Gasteiger partial charge in [-0.25, -0.2) is 4.79 Å². The zero-order valence-corrected chi connectivity index (χ0v) is 8.01. The first kappa shape index (κ1) is 10.9. The van der Waals surface area contributed by atoms with Crippen molar-refractivity contribution in [3.8, 4) is 0 Å². The molecule has 0 aliphatic carbocycles. The Morgan fingerprint density at radius 3 is 2.33 bits per heavy atom. The highest BCUT2D eigenvalue weighted by Crippen LogP contribution is 2.02. The number of nitrogens with zero attached hydrogens (tertiary/aromatic N) is 1. The second-order valence-electron chi connectivity index (χ2n) is 2.64. The van der Waals surface area contributed by atoms with Gasteiger partial charge in [-0.1, -0.05) is 35.5 Å². The molecular weight excluding hydrogens is 198 g/mol. The molecule has 0 radical (unpaired) electrons. The Kier molecular flexibility index (Phi) is 3.56. The highest BCUT2D eigenvalue weighted by Gasteiger charge is 2.23. The topological polar surface area (TPSA) is 76.0 Å². The van der Waals surface area contributed by atoms with Crippen LogP contribution >= 0.6 is 0 Å². The van der Waals surface area contributed by atoms with Crippen LogP contribution in [0.3, 0.4) is 0 Å². The maximum absolute atomic E-state index is 11.6. The first-order valence-corrected chi connectivity index (χ1v) is 4.10. The molecule has 1 N–H and O–H groups in total. The van der Waals surface area contributed by atoms with Crippen LogP contribution in [0.5, 0.6) is 0 Å². The first-order valence-electron chi connectivity index (χ1n) is 4.10. The predicted molar refractivity (Wildman–Crippen MR) is 52.0 cm³/mol. The van der Waals surface area contributed by atoms with E-state index in [4.69, 9.17) is 5.21 Å². The minimum absolute atomic E-state index is 0.260. The molecule has 0 aliphatic heterocycles. The largest absolute Gasteiger partial charge is 0.464 e. The zero-order chi connectivity index (χ0) is 11.3. The quantitative estimate of drug-likeness (QED) is 0.199. The molecule has 0 spiro atoms. The van der Waals surface area contributed by atoms with Gasteiger partial charge >= 0.3 is 5.97 Å². The first-order chi connectivity index (χ1) is 7.20. The van der Waals surface area contributed by atoms with Gasteiger partial charge in [0.1, 0.15) is 0 Å². The fourth-order valence-corrected chi connectivity index (χ4v) is 1.00. The van der Waals surface area contributed by atoms with E-state index in [0.29, 0.717) is 0 Å². The Bertz CT molecular complexity index is 397. The highest BCUT2D eigenvalue weighted by atomic mass is 16.5. The van der Waals surface area contributed by atoms with Gasteiger partial charge in [0.2, 0.25) is 11.5 Å². The smallest absolute Gasteiger partial charge is 0.364 e. The van der Waals surface area contributed by atoms with Crippen LogP contribution < -0.4 is 0 Å². The van der Waals surface area contributed by atoms with E-state index in [-0.39, 0.29) is 5.56 Å². The predicted octanol–water partition coefficient (Wildman–Crippen LogP) is 0.873. The Labute approximate surface area is 86.0 Å². The summed E-state index contributed by atoms with van der Waals surface area (Å²) in [6.07, 6.45) is 0. The maximum Gasteiger partial charge on any atom is 0.364 e. The Morgan fingerprint density at radius 1 is 1.27 bits per heavy atom. The molecule has 0 atom stereocenters. The molecule has 15 heavy (non-hydrogen) atoms. The van der Waals surface area contributed by atoms with Crippen molar-refractivity contribution in [2.75, 3.05) is 7.11 Å². The summed E-state index contributed by atoms with van der Waals surface area (Å²) in [4.78, 5) is 22.6. The Morgan fingerprint density at radius 2 is 1.87 bits per heavy atom. The van der Waals surface area contributed by atoms with Crippen molar-refractivity contribution in [2.24, 2.45) is 5.16 Å². The van der Waals surface area contributed by atoms with Crippen LogP contribution in [-0.2, 0) is 9.53 Å². The molecule has 0 saturated carbocycles. The van der Waals surface area contributed by atoms with Gasteiger partial charge in [-0.3, -0.25) is 4.79 Å². The van der Waals surface area contributed by atoms with E-state index in [1.807, 2.05) is 0 Å². The minimum Gasteiger partial charge on any atom is -0.464 e. The van der Waals surface area contributed by atoms with E-state index in [0.717, 1.165) is 7.11 Å². The number of ketones is 1. The molecule has 1 aromatic carbocycles. The van der Waals surface area contributed by atoms with Gasteiger partial charge in [0.05, 0.1) is 7.11 Å². The van der Waals surface area contributed by atoms with Crippen LogP contribution in [0.15, 0.2) is 35.5 Å². The van der Waals surface area contributed by atoms with Crippen molar-refractivity contribution >= 4 is 17.5 Å². The third-order valence-electron chi connectivity index (χ3n) is 1.73. The van der Waals surface area contributed by atoms with Gasteiger partial charge in [0, 0.05) is 5.56 Å². The SMILES string of the molecule is COC(=O)/C(=N/O)C(=O)c1ccccc1. The van der Waals surface area contributed by atoms with Crippen molar-refractivity contribution in [2.45, 2.75) is 0 Å². The van der Waals surface area contributed by atoms with Gasteiger partial charge < -0.3 is 9.94 Å². The summed E-state index contributed by atoms with van der Waals surface area (Å²) < 4.78 is 4.30. The zero-order valence-electron chi connectivity index (χ0n) is 8.01. The number of ether oxygens (including phenoxy) is 1. The van der Waals surface area contributed by atoms with Gasteiger partial charge in [-0.2, -0.15) is 0 Å².